The van der Waals surface area contributed by atoms with Crippen LogP contribution in [0.2, 0.25) is 0 Å². The van der Waals surface area contributed by atoms with Crippen molar-refractivity contribution in [3.05, 3.63) is 130 Å². The van der Waals surface area contributed by atoms with Crippen LogP contribution in [0, 0.1) is 13.8 Å². The van der Waals surface area contributed by atoms with Crippen LogP contribution in [0.25, 0.3) is 0 Å². The van der Waals surface area contributed by atoms with Gasteiger partial charge in [-0.1, -0.05) is 83.9 Å². The number of urea groups is 2. The number of aryl methyl sites for hydroxylation is 2. The molecule has 8 nitrogen and oxygen atoms in total. The third kappa shape index (κ3) is 4.22. The summed E-state index contributed by atoms with van der Waals surface area (Å²) in [5, 5.41) is 6.49. The van der Waals surface area contributed by atoms with Gasteiger partial charge in [-0.15, -0.1) is 0 Å². The zero-order chi connectivity index (χ0) is 29.5. The third-order valence-corrected chi connectivity index (χ3v) is 8.32. The summed E-state index contributed by atoms with van der Waals surface area (Å²) in [4.78, 5) is 31.9. The molecule has 2 aliphatic heterocycles. The molecule has 8 heteroatoms. The van der Waals surface area contributed by atoms with Gasteiger partial charge in [-0.05, 0) is 49.2 Å². The highest BCUT2D eigenvalue weighted by Crippen LogP contribution is 2.54. The number of fused-ring (bicyclic) bond motifs is 1. The van der Waals surface area contributed by atoms with E-state index in [0.29, 0.717) is 0 Å². The summed E-state index contributed by atoms with van der Waals surface area (Å²) >= 11 is 0. The predicted molar refractivity (Wildman–Crippen MR) is 160 cm³/mol. The number of hydrogen-bond acceptors (Lipinski definition) is 4. The summed E-state index contributed by atoms with van der Waals surface area (Å²) in [6, 6.07) is 30.7. The van der Waals surface area contributed by atoms with Crippen LogP contribution in [0.3, 0.4) is 0 Å². The first kappa shape index (κ1) is 27.2. The summed E-state index contributed by atoms with van der Waals surface area (Å²) in [5.41, 5.74) is 3.02. The second-order valence-corrected chi connectivity index (χ2v) is 10.9. The van der Waals surface area contributed by atoms with Gasteiger partial charge >= 0.3 is 12.1 Å². The van der Waals surface area contributed by atoms with Crippen LogP contribution >= 0.6 is 0 Å². The van der Waals surface area contributed by atoms with E-state index in [-0.39, 0.29) is 25.2 Å². The van der Waals surface area contributed by atoms with E-state index in [1.54, 1.807) is 24.0 Å². The molecule has 0 saturated carbocycles. The Balaban J connectivity index is 1.59. The fourth-order valence-corrected chi connectivity index (χ4v) is 6.17. The van der Waals surface area contributed by atoms with E-state index in [2.05, 4.69) is 10.6 Å². The summed E-state index contributed by atoms with van der Waals surface area (Å²) < 4.78 is 10.7. The van der Waals surface area contributed by atoms with E-state index in [1.807, 2.05) is 111 Å². The summed E-state index contributed by atoms with van der Waals surface area (Å²) in [7, 11) is 3.25. The lowest BCUT2D eigenvalue weighted by Crippen LogP contribution is -2.62. The molecule has 214 valence electrons. The van der Waals surface area contributed by atoms with Gasteiger partial charge in [-0.25, -0.2) is 9.59 Å². The van der Waals surface area contributed by atoms with E-state index < -0.39 is 11.3 Å². The Bertz CT molecular complexity index is 1530. The van der Waals surface area contributed by atoms with Crippen molar-refractivity contribution in [3.8, 4) is 11.5 Å². The maximum absolute atomic E-state index is 14.2. The minimum absolute atomic E-state index is 0.255. The van der Waals surface area contributed by atoms with Crippen molar-refractivity contribution in [2.75, 3.05) is 14.2 Å². The van der Waals surface area contributed by atoms with Crippen LogP contribution in [-0.2, 0) is 24.4 Å². The van der Waals surface area contributed by atoms with Crippen molar-refractivity contribution < 1.29 is 19.1 Å². The number of rotatable bonds is 8. The molecule has 0 spiro atoms. The molecule has 2 heterocycles. The van der Waals surface area contributed by atoms with E-state index in [9.17, 15) is 9.59 Å². The average molecular weight is 563 g/mol. The SMILES string of the molecule is COc1ccc(CN2C(=O)NC3(c4ccc(C)cc4)NC(=O)N(Cc4ccc(OC)cc4)C23c2ccc(C)cc2)cc1. The standard InChI is InChI=1S/C34H34N4O4/c1-23-5-13-27(14-6-23)33-34(28-15-7-24(2)8-16-28,37(31(39)35-33)21-25-9-17-29(41-3)18-10-25)38(32(40)36-33)22-26-11-19-30(42-4)20-12-26/h5-20H,21-22H2,1-4H3,(H,35,39)(H,36,40). The van der Waals surface area contributed by atoms with Crippen LogP contribution in [0.1, 0.15) is 33.4 Å². The fraction of sp³-hybridized carbons (Fsp3) is 0.235. The molecule has 4 aromatic rings. The smallest absolute Gasteiger partial charge is 0.322 e. The molecule has 2 aliphatic rings. The molecule has 0 atom stereocenters. The Hall–Kier alpha value is -4.98. The van der Waals surface area contributed by atoms with Gasteiger partial charge < -0.3 is 20.1 Å². The predicted octanol–water partition coefficient (Wildman–Crippen LogP) is 5.78. The molecule has 0 radical (unpaired) electrons. The highest BCUT2D eigenvalue weighted by Gasteiger charge is 2.73. The first-order valence-corrected chi connectivity index (χ1v) is 13.9. The maximum Gasteiger partial charge on any atom is 0.322 e. The quantitative estimate of drug-likeness (QED) is 0.285. The molecule has 4 aromatic carbocycles. The molecule has 2 N–H and O–H groups in total. The van der Waals surface area contributed by atoms with Crippen LogP contribution in [0.5, 0.6) is 11.5 Å². The molecule has 0 bridgehead atoms. The Morgan fingerprint density at radius 1 is 0.571 bits per heavy atom. The number of hydrogen-bond donors (Lipinski definition) is 2. The molecular formula is C34H34N4O4. The Morgan fingerprint density at radius 2 is 0.952 bits per heavy atom. The zero-order valence-electron chi connectivity index (χ0n) is 24.2. The van der Waals surface area contributed by atoms with Crippen molar-refractivity contribution in [3.63, 3.8) is 0 Å². The second kappa shape index (κ2) is 10.4. The number of nitrogens with zero attached hydrogens (tertiary/aromatic N) is 2. The summed E-state index contributed by atoms with van der Waals surface area (Å²) in [6.45, 7) is 4.55. The first-order valence-electron chi connectivity index (χ1n) is 13.9. The van der Waals surface area contributed by atoms with Gasteiger partial charge in [0.1, 0.15) is 11.5 Å². The lowest BCUT2D eigenvalue weighted by atomic mass is 9.80. The van der Waals surface area contributed by atoms with E-state index in [0.717, 1.165) is 44.9 Å². The lowest BCUT2D eigenvalue weighted by Gasteiger charge is -2.47. The minimum Gasteiger partial charge on any atom is -0.497 e. The van der Waals surface area contributed by atoms with Crippen LogP contribution in [0.4, 0.5) is 9.59 Å². The number of nitrogens with one attached hydrogen (secondary N) is 2. The topological polar surface area (TPSA) is 83.1 Å². The molecule has 2 fully saturated rings. The summed E-state index contributed by atoms with van der Waals surface area (Å²) in [5.74, 6) is 1.46. The van der Waals surface area contributed by atoms with Gasteiger partial charge in [-0.2, -0.15) is 0 Å². The fourth-order valence-electron chi connectivity index (χ4n) is 6.17. The molecule has 2 saturated heterocycles. The zero-order valence-corrected chi connectivity index (χ0v) is 24.2. The van der Waals surface area contributed by atoms with Crippen LogP contribution in [-0.4, -0.2) is 36.1 Å². The van der Waals surface area contributed by atoms with E-state index in [4.69, 9.17) is 9.47 Å². The first-order chi connectivity index (χ1) is 20.3. The number of ether oxygens (including phenoxy) is 2. The molecule has 6 rings (SSSR count). The van der Waals surface area contributed by atoms with Crippen molar-refractivity contribution in [2.45, 2.75) is 38.3 Å². The summed E-state index contributed by atoms with van der Waals surface area (Å²) in [6.07, 6.45) is 0. The van der Waals surface area contributed by atoms with Gasteiger partial charge in [0.05, 0.1) is 27.3 Å². The second-order valence-electron chi connectivity index (χ2n) is 10.9. The number of methoxy groups -OCH3 is 2. The molecular weight excluding hydrogens is 528 g/mol. The highest BCUT2D eigenvalue weighted by molar-refractivity contribution is 5.89. The molecule has 0 aromatic heterocycles. The van der Waals surface area contributed by atoms with Crippen LogP contribution in [0.15, 0.2) is 97.1 Å². The van der Waals surface area contributed by atoms with Gasteiger partial charge in [0.2, 0.25) is 0 Å². The number of carbonyl (C=O) groups is 2. The highest BCUT2D eigenvalue weighted by atomic mass is 16.5. The normalized spacial score (nSPS) is 21.1. The van der Waals surface area contributed by atoms with E-state index in [1.165, 1.54) is 0 Å². The van der Waals surface area contributed by atoms with E-state index >= 15 is 0 Å². The van der Waals surface area contributed by atoms with Gasteiger partial charge in [0, 0.05) is 11.1 Å². The monoisotopic (exact) mass is 562 g/mol. The van der Waals surface area contributed by atoms with Crippen molar-refractivity contribution in [1.82, 2.24) is 20.4 Å². The number of benzene rings is 4. The lowest BCUT2D eigenvalue weighted by molar-refractivity contribution is -0.0216. The van der Waals surface area contributed by atoms with Crippen molar-refractivity contribution in [1.29, 1.82) is 0 Å². The average Bonchev–Trinajstić information content (AvgIpc) is 3.39. The Labute approximate surface area is 245 Å². The molecule has 0 aliphatic carbocycles. The van der Waals surface area contributed by atoms with Crippen molar-refractivity contribution >= 4 is 12.1 Å². The van der Waals surface area contributed by atoms with Gasteiger partial charge in [0.25, 0.3) is 0 Å². The Morgan fingerprint density at radius 3 is 1.33 bits per heavy atom. The molecule has 42 heavy (non-hydrogen) atoms. The Kier molecular flexibility index (Phi) is 6.77. The van der Waals surface area contributed by atoms with Gasteiger partial charge in [-0.3, -0.25) is 9.80 Å². The third-order valence-electron chi connectivity index (χ3n) is 8.32. The molecule has 0 unspecified atom stereocenters. The van der Waals surface area contributed by atoms with Crippen LogP contribution < -0.4 is 20.1 Å². The molecule has 4 amide bonds. The number of carbonyl (C=O) groups excluding carboxylic acids is 2. The largest absolute Gasteiger partial charge is 0.497 e. The number of amides is 4. The maximum atomic E-state index is 14.2. The minimum atomic E-state index is -1.27. The van der Waals surface area contributed by atoms with Crippen molar-refractivity contribution in [2.24, 2.45) is 0 Å². The van der Waals surface area contributed by atoms with Gasteiger partial charge in [0.15, 0.2) is 11.3 Å².